The Balaban J connectivity index is 2.28. The summed E-state index contributed by atoms with van der Waals surface area (Å²) in [5.74, 6) is 0. The largest absolute Gasteiger partial charge is 0.326 e. The third kappa shape index (κ3) is 2.15. The van der Waals surface area contributed by atoms with Crippen LogP contribution in [0.5, 0.6) is 0 Å². The van der Waals surface area contributed by atoms with Gasteiger partial charge in [-0.15, -0.1) is 0 Å². The first-order valence-electron chi connectivity index (χ1n) is 5.69. The molecule has 0 aromatic carbocycles. The van der Waals surface area contributed by atoms with Crippen LogP contribution in [-0.2, 0) is 6.54 Å². The van der Waals surface area contributed by atoms with E-state index in [-0.39, 0.29) is 12.1 Å². The second-order valence-electron chi connectivity index (χ2n) is 4.31. The van der Waals surface area contributed by atoms with Crippen LogP contribution in [0.3, 0.4) is 0 Å². The van der Waals surface area contributed by atoms with Crippen LogP contribution in [0.25, 0.3) is 0 Å². The van der Waals surface area contributed by atoms with E-state index in [1.165, 1.54) is 12.8 Å². The molecule has 1 fully saturated rings. The molecule has 2 rings (SSSR count). The molecule has 2 N–H and O–H groups in total. The Bertz CT molecular complexity index is 415. The first-order chi connectivity index (χ1) is 7.72. The van der Waals surface area contributed by atoms with Crippen molar-refractivity contribution in [2.45, 2.75) is 32.0 Å². The van der Waals surface area contributed by atoms with Crippen LogP contribution < -0.4 is 11.3 Å². The molecule has 1 aliphatic rings. The van der Waals surface area contributed by atoms with Gasteiger partial charge in [-0.3, -0.25) is 9.69 Å². The first-order valence-corrected chi connectivity index (χ1v) is 5.69. The lowest BCUT2D eigenvalue weighted by Crippen LogP contribution is -2.34. The lowest BCUT2D eigenvalue weighted by atomic mass is 10.1. The minimum Gasteiger partial charge on any atom is -0.326 e. The Morgan fingerprint density at radius 3 is 3.06 bits per heavy atom. The van der Waals surface area contributed by atoms with Crippen molar-refractivity contribution in [3.8, 4) is 0 Å². The molecule has 0 bridgehead atoms. The molecule has 0 saturated carbocycles. The summed E-state index contributed by atoms with van der Waals surface area (Å²) in [4.78, 5) is 17.5. The molecule has 0 aliphatic carbocycles. The Hall–Kier alpha value is -1.20. The van der Waals surface area contributed by atoms with Crippen LogP contribution in [0.4, 0.5) is 0 Å². The maximum atomic E-state index is 11.3. The van der Waals surface area contributed by atoms with Gasteiger partial charge in [-0.25, -0.2) is 0 Å². The fourth-order valence-electron chi connectivity index (χ4n) is 2.21. The molecule has 5 heteroatoms. The number of piperidine rings is 1. The maximum absolute atomic E-state index is 11.3. The summed E-state index contributed by atoms with van der Waals surface area (Å²) in [5.41, 5.74) is 5.89. The number of nitrogens with zero attached hydrogens (tertiary/aromatic N) is 3. The Labute approximate surface area is 94.9 Å². The van der Waals surface area contributed by atoms with Gasteiger partial charge < -0.3 is 10.3 Å². The summed E-state index contributed by atoms with van der Waals surface area (Å²) >= 11 is 0. The molecular formula is C11H18N4O. The van der Waals surface area contributed by atoms with E-state index in [0.717, 1.165) is 13.0 Å². The summed E-state index contributed by atoms with van der Waals surface area (Å²) in [6, 6.07) is 0. The highest BCUT2D eigenvalue weighted by Crippen LogP contribution is 2.23. The van der Waals surface area contributed by atoms with Crippen molar-refractivity contribution in [3.05, 3.63) is 28.4 Å². The molecule has 1 aliphatic heterocycles. The molecule has 2 heterocycles. The smallest absolute Gasteiger partial charge is 0.277 e. The van der Waals surface area contributed by atoms with Crippen LogP contribution >= 0.6 is 0 Å². The Morgan fingerprint density at radius 2 is 2.38 bits per heavy atom. The highest BCUT2D eigenvalue weighted by atomic mass is 16.1. The number of nitrogens with two attached hydrogens (primary N) is 1. The number of hydrogen-bond donors (Lipinski definition) is 1. The molecule has 0 amide bonds. The van der Waals surface area contributed by atoms with Crippen LogP contribution in [-0.4, -0.2) is 28.0 Å². The van der Waals surface area contributed by atoms with E-state index in [2.05, 4.69) is 16.9 Å². The van der Waals surface area contributed by atoms with Crippen LogP contribution in [0.2, 0.25) is 0 Å². The lowest BCUT2D eigenvalue weighted by molar-refractivity contribution is 0.125. The molecule has 5 nitrogen and oxygen atoms in total. The number of rotatable bonds is 2. The fraction of sp³-hybridized carbons (Fsp3) is 0.636. The van der Waals surface area contributed by atoms with Gasteiger partial charge in [-0.1, -0.05) is 0 Å². The third-order valence-corrected chi connectivity index (χ3v) is 3.18. The van der Waals surface area contributed by atoms with Gasteiger partial charge in [-0.05, 0) is 32.9 Å². The molecule has 1 unspecified atom stereocenters. The maximum Gasteiger partial charge on any atom is 0.277 e. The molecule has 1 atom stereocenters. The summed E-state index contributed by atoms with van der Waals surface area (Å²) < 4.78 is 2.00. The van der Waals surface area contributed by atoms with Gasteiger partial charge in [0, 0.05) is 18.3 Å². The molecule has 1 aromatic heterocycles. The first kappa shape index (κ1) is 11.3. The minimum atomic E-state index is -0.211. The van der Waals surface area contributed by atoms with Crippen LogP contribution in [0.15, 0.2) is 17.3 Å². The van der Waals surface area contributed by atoms with Gasteiger partial charge in [0.25, 0.3) is 5.56 Å². The topological polar surface area (TPSA) is 64.2 Å². The Kier molecular flexibility index (Phi) is 3.36. The number of aromatic nitrogens is 2. The zero-order valence-electron chi connectivity index (χ0n) is 9.59. The molecule has 0 radical (unpaired) electrons. The van der Waals surface area contributed by atoms with E-state index in [1.807, 2.05) is 10.8 Å². The predicted molar refractivity (Wildman–Crippen MR) is 61.9 cm³/mol. The molecular weight excluding hydrogens is 204 g/mol. The molecule has 0 spiro atoms. The van der Waals surface area contributed by atoms with Crippen molar-refractivity contribution in [1.29, 1.82) is 0 Å². The van der Waals surface area contributed by atoms with Gasteiger partial charge in [0.1, 0.15) is 6.33 Å². The van der Waals surface area contributed by atoms with Crippen LogP contribution in [0.1, 0.15) is 31.0 Å². The molecule has 1 aromatic rings. The number of likely N-dealkylation sites (tertiary alicyclic amines) is 1. The zero-order valence-corrected chi connectivity index (χ0v) is 9.59. The molecule has 16 heavy (non-hydrogen) atoms. The highest BCUT2D eigenvalue weighted by molar-refractivity contribution is 5.04. The summed E-state index contributed by atoms with van der Waals surface area (Å²) in [6.45, 7) is 1.35. The van der Waals surface area contributed by atoms with E-state index < -0.39 is 0 Å². The van der Waals surface area contributed by atoms with Gasteiger partial charge in [0.2, 0.25) is 0 Å². The van der Waals surface area contributed by atoms with Crippen molar-refractivity contribution in [2.24, 2.45) is 5.73 Å². The SMILES string of the molecule is CN1CCCCC1n1cnc(=O)c(CN)c1. The van der Waals surface area contributed by atoms with E-state index in [1.54, 1.807) is 6.33 Å². The fourth-order valence-corrected chi connectivity index (χ4v) is 2.21. The van der Waals surface area contributed by atoms with Gasteiger partial charge in [0.15, 0.2) is 0 Å². The van der Waals surface area contributed by atoms with Crippen molar-refractivity contribution < 1.29 is 0 Å². The monoisotopic (exact) mass is 222 g/mol. The minimum absolute atomic E-state index is 0.211. The second-order valence-corrected chi connectivity index (χ2v) is 4.31. The van der Waals surface area contributed by atoms with Gasteiger partial charge in [0.05, 0.1) is 6.17 Å². The van der Waals surface area contributed by atoms with E-state index in [4.69, 9.17) is 5.73 Å². The predicted octanol–water partition coefficient (Wildman–Crippen LogP) is 0.316. The van der Waals surface area contributed by atoms with Crippen molar-refractivity contribution >= 4 is 0 Å². The molecule has 1 saturated heterocycles. The summed E-state index contributed by atoms with van der Waals surface area (Å²) in [6.07, 6.45) is 7.33. The normalized spacial score (nSPS) is 22.2. The summed E-state index contributed by atoms with van der Waals surface area (Å²) in [5, 5.41) is 0. The average Bonchev–Trinajstić information content (AvgIpc) is 2.31. The van der Waals surface area contributed by atoms with Gasteiger partial charge >= 0.3 is 0 Å². The standard InChI is InChI=1S/C11H18N4O/c1-14-5-3-2-4-10(14)15-7-9(6-12)11(16)13-8-15/h7-8,10H,2-6,12H2,1H3. The second kappa shape index (κ2) is 4.76. The van der Waals surface area contributed by atoms with Gasteiger partial charge in [-0.2, -0.15) is 4.98 Å². The number of hydrogen-bond acceptors (Lipinski definition) is 4. The van der Waals surface area contributed by atoms with Crippen molar-refractivity contribution in [3.63, 3.8) is 0 Å². The van der Waals surface area contributed by atoms with E-state index in [0.29, 0.717) is 11.7 Å². The molecule has 88 valence electrons. The Morgan fingerprint density at radius 1 is 1.56 bits per heavy atom. The third-order valence-electron chi connectivity index (χ3n) is 3.18. The van der Waals surface area contributed by atoms with E-state index >= 15 is 0 Å². The quantitative estimate of drug-likeness (QED) is 0.782. The van der Waals surface area contributed by atoms with Crippen LogP contribution in [0, 0.1) is 0 Å². The lowest BCUT2D eigenvalue weighted by Gasteiger charge is -2.34. The average molecular weight is 222 g/mol. The van der Waals surface area contributed by atoms with Crippen molar-refractivity contribution in [2.75, 3.05) is 13.6 Å². The zero-order chi connectivity index (χ0) is 11.5. The summed E-state index contributed by atoms with van der Waals surface area (Å²) in [7, 11) is 2.10. The van der Waals surface area contributed by atoms with E-state index in [9.17, 15) is 4.79 Å². The van der Waals surface area contributed by atoms with Crippen molar-refractivity contribution in [1.82, 2.24) is 14.5 Å². The highest BCUT2D eigenvalue weighted by Gasteiger charge is 2.20.